The fourth-order valence-electron chi connectivity index (χ4n) is 2.86. The van der Waals surface area contributed by atoms with Gasteiger partial charge in [-0.2, -0.15) is 0 Å². The summed E-state index contributed by atoms with van der Waals surface area (Å²) in [7, 11) is 0. The third-order valence-electron chi connectivity index (χ3n) is 4.12. The molecule has 1 fully saturated rings. The maximum atomic E-state index is 9.26. The predicted molar refractivity (Wildman–Crippen MR) is 75.7 cm³/mol. The van der Waals surface area contributed by atoms with E-state index in [-0.39, 0.29) is 0 Å². The lowest BCUT2D eigenvalue weighted by molar-refractivity contribution is 0.329. The molecule has 0 radical (unpaired) electrons. The molecule has 1 saturated carbocycles. The van der Waals surface area contributed by atoms with Gasteiger partial charge >= 0.3 is 0 Å². The molecule has 100 valence electrons. The summed E-state index contributed by atoms with van der Waals surface area (Å²) in [6, 6.07) is 7.87. The predicted octanol–water partition coefficient (Wildman–Crippen LogP) is 4.01. The summed E-state index contributed by atoms with van der Waals surface area (Å²) in [6.45, 7) is 3.29. The summed E-state index contributed by atoms with van der Waals surface area (Å²) in [5.41, 5.74) is 1.25. The maximum Gasteiger partial charge on any atom is 0.115 e. The van der Waals surface area contributed by atoms with Crippen molar-refractivity contribution in [3.63, 3.8) is 0 Å². The maximum absolute atomic E-state index is 9.26. The summed E-state index contributed by atoms with van der Waals surface area (Å²) < 4.78 is 0. The Morgan fingerprint density at radius 3 is 2.50 bits per heavy atom. The van der Waals surface area contributed by atoms with Crippen molar-refractivity contribution < 1.29 is 5.11 Å². The second-order valence-electron chi connectivity index (χ2n) is 5.56. The largest absolute Gasteiger partial charge is 0.508 e. The first-order valence-electron chi connectivity index (χ1n) is 7.28. The second kappa shape index (κ2) is 6.79. The van der Waals surface area contributed by atoms with Crippen LogP contribution >= 0.6 is 0 Å². The van der Waals surface area contributed by atoms with Crippen LogP contribution < -0.4 is 5.32 Å². The molecule has 1 aliphatic carbocycles. The highest BCUT2D eigenvalue weighted by molar-refractivity contribution is 5.27. The molecule has 0 aliphatic heterocycles. The molecule has 0 heterocycles. The highest BCUT2D eigenvalue weighted by Gasteiger charge is 2.13. The van der Waals surface area contributed by atoms with Crippen LogP contribution in [0.1, 0.15) is 57.1 Å². The molecule has 0 saturated heterocycles. The molecule has 2 N–H and O–H groups in total. The first kappa shape index (κ1) is 13.4. The number of aromatic hydroxyl groups is 1. The van der Waals surface area contributed by atoms with Crippen molar-refractivity contribution in [1.29, 1.82) is 0 Å². The van der Waals surface area contributed by atoms with Crippen LogP contribution in [0.15, 0.2) is 24.3 Å². The average Bonchev–Trinajstić information content (AvgIpc) is 2.40. The molecule has 0 aromatic heterocycles. The number of hydrogen-bond acceptors (Lipinski definition) is 2. The molecule has 1 atom stereocenters. The SMILES string of the molecule is CC(NCCC1CCCCC1)c1ccc(O)cc1. The molecule has 18 heavy (non-hydrogen) atoms. The first-order valence-corrected chi connectivity index (χ1v) is 7.28. The van der Waals surface area contributed by atoms with E-state index in [1.54, 1.807) is 12.1 Å². The zero-order valence-electron chi connectivity index (χ0n) is 11.4. The second-order valence-corrected chi connectivity index (χ2v) is 5.56. The van der Waals surface area contributed by atoms with Crippen molar-refractivity contribution in [3.05, 3.63) is 29.8 Å². The van der Waals surface area contributed by atoms with Gasteiger partial charge < -0.3 is 10.4 Å². The van der Waals surface area contributed by atoms with E-state index in [2.05, 4.69) is 12.2 Å². The Balaban J connectivity index is 1.70. The van der Waals surface area contributed by atoms with Gasteiger partial charge in [0.1, 0.15) is 5.75 Å². The highest BCUT2D eigenvalue weighted by atomic mass is 16.3. The van der Waals surface area contributed by atoms with Gasteiger partial charge in [0.2, 0.25) is 0 Å². The minimum atomic E-state index is 0.341. The molecule has 2 rings (SSSR count). The Kier molecular flexibility index (Phi) is 5.06. The number of benzene rings is 1. The summed E-state index contributed by atoms with van der Waals surface area (Å²) in [4.78, 5) is 0. The Labute approximate surface area is 110 Å². The highest BCUT2D eigenvalue weighted by Crippen LogP contribution is 2.26. The van der Waals surface area contributed by atoms with Crippen LogP contribution in [0.2, 0.25) is 0 Å². The Bertz CT molecular complexity index is 341. The molecule has 1 unspecified atom stereocenters. The quantitative estimate of drug-likeness (QED) is 0.824. The van der Waals surface area contributed by atoms with Gasteiger partial charge in [0, 0.05) is 6.04 Å². The van der Waals surface area contributed by atoms with E-state index in [4.69, 9.17) is 0 Å². The van der Waals surface area contributed by atoms with Crippen molar-refractivity contribution >= 4 is 0 Å². The third-order valence-corrected chi connectivity index (χ3v) is 4.12. The smallest absolute Gasteiger partial charge is 0.115 e. The van der Waals surface area contributed by atoms with E-state index < -0.39 is 0 Å². The molecular formula is C16H25NO. The van der Waals surface area contributed by atoms with Crippen LogP contribution in [0.4, 0.5) is 0 Å². The van der Waals surface area contributed by atoms with Crippen molar-refractivity contribution in [1.82, 2.24) is 5.32 Å². The monoisotopic (exact) mass is 247 g/mol. The van der Waals surface area contributed by atoms with Crippen molar-refractivity contribution in [2.75, 3.05) is 6.54 Å². The Hall–Kier alpha value is -1.02. The summed E-state index contributed by atoms with van der Waals surface area (Å²) in [6.07, 6.45) is 8.46. The number of nitrogens with one attached hydrogen (secondary N) is 1. The van der Waals surface area contributed by atoms with Crippen molar-refractivity contribution in [3.8, 4) is 5.75 Å². The lowest BCUT2D eigenvalue weighted by Crippen LogP contribution is -2.22. The standard InChI is InChI=1S/C16H25NO/c1-13(15-7-9-16(18)10-8-15)17-12-11-14-5-3-2-4-6-14/h7-10,13-14,17-18H,2-6,11-12H2,1H3. The number of phenolic OH excluding ortho intramolecular Hbond substituents is 1. The summed E-state index contributed by atoms with van der Waals surface area (Å²) in [5, 5.41) is 12.8. The van der Waals surface area contributed by atoms with Crippen LogP contribution in [-0.2, 0) is 0 Å². The molecule has 0 bridgehead atoms. The lowest BCUT2D eigenvalue weighted by atomic mass is 9.87. The van der Waals surface area contributed by atoms with Crippen molar-refractivity contribution in [2.24, 2.45) is 5.92 Å². The van der Waals surface area contributed by atoms with Crippen LogP contribution in [0.25, 0.3) is 0 Å². The van der Waals surface area contributed by atoms with E-state index in [9.17, 15) is 5.11 Å². The van der Waals surface area contributed by atoms with E-state index in [0.29, 0.717) is 11.8 Å². The van der Waals surface area contributed by atoms with E-state index >= 15 is 0 Å². The Morgan fingerprint density at radius 1 is 1.17 bits per heavy atom. The van der Waals surface area contributed by atoms with Crippen LogP contribution in [0.5, 0.6) is 5.75 Å². The number of hydrogen-bond donors (Lipinski definition) is 2. The molecule has 0 spiro atoms. The number of rotatable bonds is 5. The van der Waals surface area contributed by atoms with E-state index in [1.807, 2.05) is 12.1 Å². The molecule has 0 amide bonds. The van der Waals surface area contributed by atoms with Gasteiger partial charge in [0.15, 0.2) is 0 Å². The van der Waals surface area contributed by atoms with Gasteiger partial charge in [-0.15, -0.1) is 0 Å². The number of phenols is 1. The van der Waals surface area contributed by atoms with Gasteiger partial charge in [-0.1, -0.05) is 44.2 Å². The van der Waals surface area contributed by atoms with Crippen molar-refractivity contribution in [2.45, 2.75) is 51.5 Å². The Morgan fingerprint density at radius 2 is 1.83 bits per heavy atom. The lowest BCUT2D eigenvalue weighted by Gasteiger charge is -2.22. The minimum Gasteiger partial charge on any atom is -0.508 e. The van der Waals surface area contributed by atoms with Gasteiger partial charge in [0.25, 0.3) is 0 Å². The summed E-state index contributed by atoms with van der Waals surface area (Å²) in [5.74, 6) is 1.28. The summed E-state index contributed by atoms with van der Waals surface area (Å²) >= 11 is 0. The molecular weight excluding hydrogens is 222 g/mol. The van der Waals surface area contributed by atoms with E-state index in [1.165, 1.54) is 44.1 Å². The molecule has 1 aromatic carbocycles. The normalized spacial score (nSPS) is 18.7. The van der Waals surface area contributed by atoms with Gasteiger partial charge in [-0.25, -0.2) is 0 Å². The van der Waals surface area contributed by atoms with Gasteiger partial charge in [-0.3, -0.25) is 0 Å². The third kappa shape index (κ3) is 4.02. The molecule has 2 nitrogen and oxygen atoms in total. The van der Waals surface area contributed by atoms with Crippen LogP contribution in [-0.4, -0.2) is 11.7 Å². The average molecular weight is 247 g/mol. The zero-order valence-corrected chi connectivity index (χ0v) is 11.4. The minimum absolute atomic E-state index is 0.341. The first-order chi connectivity index (χ1) is 8.75. The van der Waals surface area contributed by atoms with E-state index in [0.717, 1.165) is 12.5 Å². The fraction of sp³-hybridized carbons (Fsp3) is 0.625. The molecule has 2 heteroatoms. The van der Waals surface area contributed by atoms with Gasteiger partial charge in [0.05, 0.1) is 0 Å². The topological polar surface area (TPSA) is 32.3 Å². The van der Waals surface area contributed by atoms with Crippen LogP contribution in [0, 0.1) is 5.92 Å². The zero-order chi connectivity index (χ0) is 12.8. The molecule has 1 aromatic rings. The fourth-order valence-corrected chi connectivity index (χ4v) is 2.86. The van der Waals surface area contributed by atoms with Crippen LogP contribution in [0.3, 0.4) is 0 Å². The van der Waals surface area contributed by atoms with Gasteiger partial charge in [-0.05, 0) is 43.5 Å². The molecule has 1 aliphatic rings.